The zero-order chi connectivity index (χ0) is 14.0. The van der Waals surface area contributed by atoms with Crippen LogP contribution in [0, 0.1) is 20.8 Å². The molecule has 0 unspecified atom stereocenters. The summed E-state index contributed by atoms with van der Waals surface area (Å²) in [7, 11) is 0. The van der Waals surface area contributed by atoms with E-state index >= 15 is 0 Å². The molecule has 1 N–H and O–H groups in total. The summed E-state index contributed by atoms with van der Waals surface area (Å²) in [6.45, 7) is 8.57. The Morgan fingerprint density at radius 1 is 1.37 bits per heavy atom. The van der Waals surface area contributed by atoms with Crippen molar-refractivity contribution in [2.75, 3.05) is 6.54 Å². The topological polar surface area (TPSA) is 59.3 Å². The molecule has 2 rings (SSSR count). The Kier molecular flexibility index (Phi) is 3.83. The van der Waals surface area contributed by atoms with Gasteiger partial charge in [0.15, 0.2) is 5.65 Å². The van der Waals surface area contributed by atoms with Crippen molar-refractivity contribution in [2.24, 2.45) is 0 Å². The number of hydrogen-bond donors (Lipinski definition) is 1. The Hall–Kier alpha value is -1.91. The highest BCUT2D eigenvalue weighted by molar-refractivity contribution is 5.76. The van der Waals surface area contributed by atoms with Crippen molar-refractivity contribution < 1.29 is 4.79 Å². The Bertz CT molecular complexity index is 615. The number of hydrogen-bond acceptors (Lipinski definition) is 3. The molecule has 0 spiro atoms. The van der Waals surface area contributed by atoms with Crippen molar-refractivity contribution in [3.8, 4) is 0 Å². The first-order valence-electron chi connectivity index (χ1n) is 6.62. The molecule has 2 heterocycles. The lowest BCUT2D eigenvalue weighted by Gasteiger charge is -2.10. The molecule has 0 saturated heterocycles. The van der Waals surface area contributed by atoms with E-state index in [1.54, 1.807) is 0 Å². The fraction of sp³-hybridized carbons (Fsp3) is 0.500. The van der Waals surface area contributed by atoms with Crippen molar-refractivity contribution in [1.82, 2.24) is 19.9 Å². The summed E-state index contributed by atoms with van der Waals surface area (Å²) in [6, 6.07) is 1.97. The highest BCUT2D eigenvalue weighted by Gasteiger charge is 2.12. The quantitative estimate of drug-likeness (QED) is 0.910. The summed E-state index contributed by atoms with van der Waals surface area (Å²) in [4.78, 5) is 16.1. The minimum Gasteiger partial charge on any atom is -0.356 e. The van der Waals surface area contributed by atoms with E-state index in [2.05, 4.69) is 15.4 Å². The third kappa shape index (κ3) is 2.75. The van der Waals surface area contributed by atoms with Crippen LogP contribution in [0.2, 0.25) is 0 Å². The highest BCUT2D eigenvalue weighted by atomic mass is 16.1. The van der Waals surface area contributed by atoms with Gasteiger partial charge in [-0.15, -0.1) is 0 Å². The van der Waals surface area contributed by atoms with Crippen LogP contribution in [0.5, 0.6) is 0 Å². The first-order chi connectivity index (χ1) is 9.02. The normalized spacial score (nSPS) is 10.9. The van der Waals surface area contributed by atoms with Crippen LogP contribution >= 0.6 is 0 Å². The summed E-state index contributed by atoms with van der Waals surface area (Å²) in [6.07, 6.45) is 1.19. The van der Waals surface area contributed by atoms with E-state index in [1.165, 1.54) is 0 Å². The molecule has 0 aromatic carbocycles. The number of nitrogens with one attached hydrogen (secondary N) is 1. The SMILES string of the molecule is CCNC(=O)CCc1c(C)nc2cc(C)nn2c1C. The van der Waals surface area contributed by atoms with Gasteiger partial charge in [-0.3, -0.25) is 4.79 Å². The maximum Gasteiger partial charge on any atom is 0.220 e. The number of aryl methyl sites for hydroxylation is 3. The number of rotatable bonds is 4. The van der Waals surface area contributed by atoms with E-state index in [-0.39, 0.29) is 5.91 Å². The van der Waals surface area contributed by atoms with Crippen LogP contribution in [0.15, 0.2) is 6.07 Å². The van der Waals surface area contributed by atoms with Gasteiger partial charge in [0.2, 0.25) is 5.91 Å². The molecule has 5 nitrogen and oxygen atoms in total. The Labute approximate surface area is 113 Å². The van der Waals surface area contributed by atoms with Crippen LogP contribution < -0.4 is 5.32 Å². The zero-order valence-electron chi connectivity index (χ0n) is 11.9. The van der Waals surface area contributed by atoms with Crippen molar-refractivity contribution in [1.29, 1.82) is 0 Å². The Morgan fingerprint density at radius 2 is 2.11 bits per heavy atom. The predicted octanol–water partition coefficient (Wildman–Crippen LogP) is 1.72. The standard InChI is InChI=1S/C14H20N4O/c1-5-15-14(19)7-6-12-10(3)16-13-8-9(2)17-18(13)11(12)4/h8H,5-7H2,1-4H3,(H,15,19). The summed E-state index contributed by atoms with van der Waals surface area (Å²) in [5.74, 6) is 0.0815. The van der Waals surface area contributed by atoms with Crippen LogP contribution in [0.3, 0.4) is 0 Å². The lowest BCUT2D eigenvalue weighted by atomic mass is 10.1. The van der Waals surface area contributed by atoms with E-state index in [0.29, 0.717) is 19.4 Å². The molecule has 0 bridgehead atoms. The second kappa shape index (κ2) is 5.38. The minimum atomic E-state index is 0.0815. The van der Waals surface area contributed by atoms with Crippen molar-refractivity contribution >= 4 is 11.6 Å². The zero-order valence-corrected chi connectivity index (χ0v) is 11.9. The second-order valence-electron chi connectivity index (χ2n) is 4.77. The van der Waals surface area contributed by atoms with Crippen LogP contribution in [0.25, 0.3) is 5.65 Å². The van der Waals surface area contributed by atoms with Crippen molar-refractivity contribution in [3.63, 3.8) is 0 Å². The molecule has 0 aliphatic heterocycles. The first-order valence-corrected chi connectivity index (χ1v) is 6.62. The number of carbonyl (C=O) groups excluding carboxylic acids is 1. The van der Waals surface area contributed by atoms with Crippen LogP contribution in [0.1, 0.15) is 36.0 Å². The molecule has 2 aromatic rings. The molecule has 2 aromatic heterocycles. The summed E-state index contributed by atoms with van der Waals surface area (Å²) in [5.41, 5.74) is 4.99. The van der Waals surface area contributed by atoms with Gasteiger partial charge in [0, 0.05) is 30.4 Å². The van der Waals surface area contributed by atoms with Crippen LogP contribution in [0.4, 0.5) is 0 Å². The van der Waals surface area contributed by atoms with Gasteiger partial charge in [0.05, 0.1) is 5.69 Å². The monoisotopic (exact) mass is 260 g/mol. The van der Waals surface area contributed by atoms with E-state index in [1.807, 2.05) is 38.3 Å². The first kappa shape index (κ1) is 13.5. The second-order valence-corrected chi connectivity index (χ2v) is 4.77. The molecule has 0 saturated carbocycles. The molecular formula is C14H20N4O. The highest BCUT2D eigenvalue weighted by Crippen LogP contribution is 2.16. The van der Waals surface area contributed by atoms with Gasteiger partial charge in [-0.1, -0.05) is 0 Å². The van der Waals surface area contributed by atoms with Gasteiger partial charge >= 0.3 is 0 Å². The van der Waals surface area contributed by atoms with Gasteiger partial charge in [-0.05, 0) is 39.7 Å². The van der Waals surface area contributed by atoms with Gasteiger partial charge in [0.1, 0.15) is 0 Å². The third-order valence-electron chi connectivity index (χ3n) is 3.26. The Morgan fingerprint density at radius 3 is 2.79 bits per heavy atom. The molecule has 0 radical (unpaired) electrons. The largest absolute Gasteiger partial charge is 0.356 e. The lowest BCUT2D eigenvalue weighted by molar-refractivity contribution is -0.120. The number of aromatic nitrogens is 3. The van der Waals surface area contributed by atoms with Gasteiger partial charge in [0.25, 0.3) is 0 Å². The maximum atomic E-state index is 11.6. The molecule has 0 atom stereocenters. The van der Waals surface area contributed by atoms with E-state index < -0.39 is 0 Å². The van der Waals surface area contributed by atoms with E-state index in [9.17, 15) is 4.79 Å². The molecule has 19 heavy (non-hydrogen) atoms. The minimum absolute atomic E-state index is 0.0815. The van der Waals surface area contributed by atoms with Crippen molar-refractivity contribution in [2.45, 2.75) is 40.5 Å². The van der Waals surface area contributed by atoms with Gasteiger partial charge in [-0.2, -0.15) is 5.10 Å². The molecule has 5 heteroatoms. The predicted molar refractivity (Wildman–Crippen MR) is 74.2 cm³/mol. The molecule has 0 aliphatic rings. The summed E-state index contributed by atoms with van der Waals surface area (Å²) < 4.78 is 1.86. The molecule has 0 fully saturated rings. The van der Waals surface area contributed by atoms with Gasteiger partial charge < -0.3 is 5.32 Å². The maximum absolute atomic E-state index is 11.6. The van der Waals surface area contributed by atoms with Crippen molar-refractivity contribution in [3.05, 3.63) is 28.7 Å². The molecule has 1 amide bonds. The van der Waals surface area contributed by atoms with Crippen LogP contribution in [-0.4, -0.2) is 27.0 Å². The third-order valence-corrected chi connectivity index (χ3v) is 3.26. The van der Waals surface area contributed by atoms with Gasteiger partial charge in [-0.25, -0.2) is 9.50 Å². The smallest absolute Gasteiger partial charge is 0.220 e. The Balaban J connectivity index is 2.29. The van der Waals surface area contributed by atoms with E-state index in [0.717, 1.165) is 28.3 Å². The molecule has 102 valence electrons. The molecule has 0 aliphatic carbocycles. The average Bonchev–Trinajstić information content (AvgIpc) is 2.70. The van der Waals surface area contributed by atoms with Crippen LogP contribution in [-0.2, 0) is 11.2 Å². The number of fused-ring (bicyclic) bond motifs is 1. The fourth-order valence-electron chi connectivity index (χ4n) is 2.33. The molecular weight excluding hydrogens is 240 g/mol. The number of carbonyl (C=O) groups is 1. The van der Waals surface area contributed by atoms with E-state index in [4.69, 9.17) is 0 Å². The average molecular weight is 260 g/mol. The number of nitrogens with zero attached hydrogens (tertiary/aromatic N) is 3. The summed E-state index contributed by atoms with van der Waals surface area (Å²) in [5, 5.41) is 7.25. The fourth-order valence-corrected chi connectivity index (χ4v) is 2.33. The number of amides is 1. The lowest BCUT2D eigenvalue weighted by Crippen LogP contribution is -2.23. The summed E-state index contributed by atoms with van der Waals surface area (Å²) >= 11 is 0.